The number of benzene rings is 1. The third kappa shape index (κ3) is 2.17. The van der Waals surface area contributed by atoms with Crippen LogP contribution in [-0.4, -0.2) is 30.5 Å². The molecule has 1 aromatic heterocycles. The summed E-state index contributed by atoms with van der Waals surface area (Å²) in [6, 6.07) is 6.20. The van der Waals surface area contributed by atoms with Crippen molar-refractivity contribution in [3.8, 4) is 16.9 Å². The molecule has 3 rings (SSSR count). The van der Waals surface area contributed by atoms with Gasteiger partial charge in [0.05, 0.1) is 19.9 Å². The summed E-state index contributed by atoms with van der Waals surface area (Å²) in [6.07, 6.45) is 2.79. The fourth-order valence-corrected chi connectivity index (χ4v) is 2.50. The maximum atomic E-state index is 5.90. The highest BCUT2D eigenvalue weighted by atomic mass is 16.5. The molecule has 0 amide bonds. The molecule has 1 aliphatic rings. The van der Waals surface area contributed by atoms with Crippen LogP contribution in [0.5, 0.6) is 5.75 Å². The van der Waals surface area contributed by atoms with E-state index >= 15 is 0 Å². The van der Waals surface area contributed by atoms with Gasteiger partial charge in [0.25, 0.3) is 0 Å². The van der Waals surface area contributed by atoms with E-state index in [0.29, 0.717) is 11.7 Å². The van der Waals surface area contributed by atoms with Crippen LogP contribution in [0, 0.1) is 0 Å². The van der Waals surface area contributed by atoms with Gasteiger partial charge in [-0.05, 0) is 24.1 Å². The van der Waals surface area contributed by atoms with Crippen LogP contribution in [0.15, 0.2) is 24.4 Å². The lowest BCUT2D eigenvalue weighted by molar-refractivity contribution is 0.194. The summed E-state index contributed by atoms with van der Waals surface area (Å²) in [5.74, 6) is 1.81. The maximum Gasteiger partial charge on any atom is 0.126 e. The monoisotopic (exact) mass is 259 g/mol. The molecule has 0 aliphatic carbocycles. The summed E-state index contributed by atoms with van der Waals surface area (Å²) in [5.41, 5.74) is 9.00. The highest BCUT2D eigenvalue weighted by molar-refractivity contribution is 5.78. The quantitative estimate of drug-likeness (QED) is 0.886. The van der Waals surface area contributed by atoms with E-state index in [1.54, 1.807) is 13.3 Å². The molecule has 19 heavy (non-hydrogen) atoms. The zero-order valence-electron chi connectivity index (χ0n) is 10.8. The Kier molecular flexibility index (Phi) is 3.13. The maximum absolute atomic E-state index is 5.90. The summed E-state index contributed by atoms with van der Waals surface area (Å²) in [6.45, 7) is 1.62. The Morgan fingerprint density at radius 1 is 1.42 bits per heavy atom. The summed E-state index contributed by atoms with van der Waals surface area (Å²) in [5, 5.41) is 6.73. The van der Waals surface area contributed by atoms with Gasteiger partial charge in [0.2, 0.25) is 0 Å². The van der Waals surface area contributed by atoms with Crippen molar-refractivity contribution < 1.29 is 9.47 Å². The number of aromatic nitrogens is 2. The first kappa shape index (κ1) is 12.0. The highest BCUT2D eigenvalue weighted by Crippen LogP contribution is 2.36. The molecule has 3 N–H and O–H groups in total. The van der Waals surface area contributed by atoms with Crippen LogP contribution in [0.2, 0.25) is 0 Å². The van der Waals surface area contributed by atoms with Crippen molar-refractivity contribution in [3.63, 3.8) is 0 Å². The van der Waals surface area contributed by atoms with E-state index in [0.717, 1.165) is 36.5 Å². The Balaban J connectivity index is 2.05. The molecule has 1 aliphatic heterocycles. The number of nitrogens with zero attached hydrogens (tertiary/aromatic N) is 1. The molecule has 2 heterocycles. The number of nitrogen functional groups attached to an aromatic ring is 1. The van der Waals surface area contributed by atoms with Gasteiger partial charge in [0, 0.05) is 23.7 Å². The SMILES string of the molecule is COc1ccc(C2CCOC2)cc1-c1cn[nH]c1N. The molecule has 1 unspecified atom stereocenters. The number of anilines is 1. The highest BCUT2D eigenvalue weighted by Gasteiger charge is 2.20. The van der Waals surface area contributed by atoms with Gasteiger partial charge in [-0.2, -0.15) is 5.10 Å². The average Bonchev–Trinajstić information content (AvgIpc) is 3.09. The van der Waals surface area contributed by atoms with Crippen LogP contribution in [0.4, 0.5) is 5.82 Å². The van der Waals surface area contributed by atoms with Crippen LogP contribution < -0.4 is 10.5 Å². The second-order valence-electron chi connectivity index (χ2n) is 4.72. The minimum absolute atomic E-state index is 0.456. The van der Waals surface area contributed by atoms with E-state index in [2.05, 4.69) is 22.3 Å². The summed E-state index contributed by atoms with van der Waals surface area (Å²) < 4.78 is 10.9. The van der Waals surface area contributed by atoms with E-state index in [9.17, 15) is 0 Å². The smallest absolute Gasteiger partial charge is 0.126 e. The number of aromatic amines is 1. The standard InChI is InChI=1S/C14H17N3O2/c1-18-13-3-2-9(10-4-5-19-8-10)6-11(13)12-7-16-17-14(12)15/h2-3,6-7,10H,4-5,8H2,1H3,(H3,15,16,17). The minimum atomic E-state index is 0.456. The number of rotatable bonds is 3. The molecule has 5 heteroatoms. The summed E-state index contributed by atoms with van der Waals surface area (Å²) >= 11 is 0. The Labute approximate surface area is 111 Å². The van der Waals surface area contributed by atoms with Crippen LogP contribution in [0.25, 0.3) is 11.1 Å². The number of H-pyrrole nitrogens is 1. The third-order valence-corrected chi connectivity index (χ3v) is 3.58. The fraction of sp³-hybridized carbons (Fsp3) is 0.357. The van der Waals surface area contributed by atoms with Crippen LogP contribution in [-0.2, 0) is 4.74 Å². The van der Waals surface area contributed by atoms with Gasteiger partial charge >= 0.3 is 0 Å². The van der Waals surface area contributed by atoms with Crippen molar-refractivity contribution in [2.75, 3.05) is 26.1 Å². The first-order valence-electron chi connectivity index (χ1n) is 6.34. The van der Waals surface area contributed by atoms with E-state index in [1.807, 2.05) is 6.07 Å². The molecule has 1 saturated heterocycles. The molecule has 1 fully saturated rings. The second kappa shape index (κ2) is 4.93. The van der Waals surface area contributed by atoms with Crippen LogP contribution >= 0.6 is 0 Å². The number of nitrogens with two attached hydrogens (primary N) is 1. The van der Waals surface area contributed by atoms with Crippen molar-refractivity contribution in [1.29, 1.82) is 0 Å². The lowest BCUT2D eigenvalue weighted by Gasteiger charge is -2.13. The fourth-order valence-electron chi connectivity index (χ4n) is 2.50. The third-order valence-electron chi connectivity index (χ3n) is 3.58. The van der Waals surface area contributed by atoms with E-state index < -0.39 is 0 Å². The lowest BCUT2D eigenvalue weighted by atomic mass is 9.94. The molecule has 1 atom stereocenters. The van der Waals surface area contributed by atoms with Crippen molar-refractivity contribution in [1.82, 2.24) is 10.2 Å². The number of ether oxygens (including phenoxy) is 2. The zero-order valence-corrected chi connectivity index (χ0v) is 10.8. The first-order chi connectivity index (χ1) is 9.29. The minimum Gasteiger partial charge on any atom is -0.496 e. The van der Waals surface area contributed by atoms with Crippen molar-refractivity contribution in [3.05, 3.63) is 30.0 Å². The summed E-state index contributed by atoms with van der Waals surface area (Å²) in [7, 11) is 1.66. The molecule has 100 valence electrons. The van der Waals surface area contributed by atoms with Gasteiger partial charge in [-0.25, -0.2) is 0 Å². The zero-order chi connectivity index (χ0) is 13.2. The van der Waals surface area contributed by atoms with E-state index in [1.165, 1.54) is 5.56 Å². The predicted molar refractivity (Wildman–Crippen MR) is 73.2 cm³/mol. The molecule has 0 saturated carbocycles. The molecular weight excluding hydrogens is 242 g/mol. The molecule has 0 spiro atoms. The molecule has 1 aromatic carbocycles. The molecule has 2 aromatic rings. The Bertz CT molecular complexity index is 574. The topological polar surface area (TPSA) is 73.2 Å². The number of hydrogen-bond donors (Lipinski definition) is 2. The van der Waals surface area contributed by atoms with Gasteiger partial charge in [-0.3, -0.25) is 5.10 Å². The Hall–Kier alpha value is -2.01. The number of methoxy groups -OCH3 is 1. The number of hydrogen-bond acceptors (Lipinski definition) is 4. The van der Waals surface area contributed by atoms with Gasteiger partial charge in [0.1, 0.15) is 11.6 Å². The van der Waals surface area contributed by atoms with Crippen molar-refractivity contribution in [2.45, 2.75) is 12.3 Å². The first-order valence-corrected chi connectivity index (χ1v) is 6.34. The second-order valence-corrected chi connectivity index (χ2v) is 4.72. The Morgan fingerprint density at radius 3 is 2.95 bits per heavy atom. The molecular formula is C14H17N3O2. The Morgan fingerprint density at radius 2 is 2.32 bits per heavy atom. The van der Waals surface area contributed by atoms with Gasteiger partial charge in [-0.15, -0.1) is 0 Å². The predicted octanol–water partition coefficient (Wildman–Crippen LogP) is 2.17. The van der Waals surface area contributed by atoms with Gasteiger partial charge < -0.3 is 15.2 Å². The molecule has 5 nitrogen and oxygen atoms in total. The van der Waals surface area contributed by atoms with Crippen molar-refractivity contribution in [2.24, 2.45) is 0 Å². The van der Waals surface area contributed by atoms with Gasteiger partial charge in [-0.1, -0.05) is 6.07 Å². The lowest BCUT2D eigenvalue weighted by Crippen LogP contribution is -1.99. The summed E-state index contributed by atoms with van der Waals surface area (Å²) in [4.78, 5) is 0. The molecule has 0 bridgehead atoms. The van der Waals surface area contributed by atoms with Crippen LogP contribution in [0.1, 0.15) is 17.9 Å². The van der Waals surface area contributed by atoms with Crippen LogP contribution in [0.3, 0.4) is 0 Å². The number of nitrogens with one attached hydrogen (secondary N) is 1. The normalized spacial score (nSPS) is 18.7. The van der Waals surface area contributed by atoms with E-state index in [4.69, 9.17) is 15.2 Å². The molecule has 0 radical (unpaired) electrons. The van der Waals surface area contributed by atoms with E-state index in [-0.39, 0.29) is 0 Å². The largest absolute Gasteiger partial charge is 0.496 e. The average molecular weight is 259 g/mol. The van der Waals surface area contributed by atoms with Crippen molar-refractivity contribution >= 4 is 5.82 Å². The van der Waals surface area contributed by atoms with Gasteiger partial charge in [0.15, 0.2) is 0 Å².